The molecule has 1 heterocycles. The number of rotatable bonds is 6. The normalized spacial score (nSPS) is 10.5. The van der Waals surface area contributed by atoms with E-state index in [-0.39, 0.29) is 5.91 Å². The van der Waals surface area contributed by atoms with Gasteiger partial charge in [-0.05, 0) is 44.9 Å². The van der Waals surface area contributed by atoms with Gasteiger partial charge in [0.25, 0.3) is 5.91 Å². The van der Waals surface area contributed by atoms with Crippen LogP contribution >= 0.6 is 0 Å². The van der Waals surface area contributed by atoms with Crippen molar-refractivity contribution in [3.63, 3.8) is 0 Å². The summed E-state index contributed by atoms with van der Waals surface area (Å²) < 4.78 is 4.99. The van der Waals surface area contributed by atoms with Crippen LogP contribution in [0.2, 0.25) is 0 Å². The molecule has 24 heavy (non-hydrogen) atoms. The summed E-state index contributed by atoms with van der Waals surface area (Å²) in [7, 11) is 1.63. The molecule has 6 nitrogen and oxygen atoms in total. The van der Waals surface area contributed by atoms with Gasteiger partial charge in [0.2, 0.25) is 5.95 Å². The third-order valence-corrected chi connectivity index (χ3v) is 3.59. The fourth-order valence-electron chi connectivity index (χ4n) is 2.58. The fraction of sp³-hybridized carbons (Fsp3) is 0.389. The highest BCUT2D eigenvalue weighted by molar-refractivity contribution is 6.04. The van der Waals surface area contributed by atoms with Crippen molar-refractivity contribution in [3.8, 4) is 0 Å². The van der Waals surface area contributed by atoms with E-state index in [9.17, 15) is 4.79 Å². The minimum absolute atomic E-state index is 0.245. The van der Waals surface area contributed by atoms with Gasteiger partial charge in [-0.15, -0.1) is 0 Å². The monoisotopic (exact) mass is 328 g/mol. The molecule has 0 fully saturated rings. The second kappa shape index (κ2) is 7.88. The van der Waals surface area contributed by atoms with Crippen molar-refractivity contribution in [1.29, 1.82) is 0 Å². The first kappa shape index (κ1) is 17.9. The van der Waals surface area contributed by atoms with E-state index in [0.717, 1.165) is 22.5 Å². The van der Waals surface area contributed by atoms with Crippen molar-refractivity contribution in [3.05, 3.63) is 46.3 Å². The molecule has 1 aromatic carbocycles. The smallest absolute Gasteiger partial charge is 0.274 e. The number of ether oxygens (including phenoxy) is 1. The number of hydrogen-bond acceptors (Lipinski definition) is 5. The molecule has 0 atom stereocenters. The van der Waals surface area contributed by atoms with Gasteiger partial charge in [-0.25, -0.2) is 9.97 Å². The molecule has 6 heteroatoms. The van der Waals surface area contributed by atoms with Gasteiger partial charge in [0.05, 0.1) is 6.61 Å². The topological polar surface area (TPSA) is 76.1 Å². The Kier molecular flexibility index (Phi) is 5.87. The Morgan fingerprint density at radius 3 is 2.38 bits per heavy atom. The number of nitrogens with one attached hydrogen (secondary N) is 2. The van der Waals surface area contributed by atoms with Gasteiger partial charge in [-0.3, -0.25) is 4.79 Å². The number of carbonyl (C=O) groups is 1. The largest absolute Gasteiger partial charge is 0.383 e. The first-order chi connectivity index (χ1) is 11.4. The number of nitrogens with zero attached hydrogens (tertiary/aromatic N) is 2. The maximum atomic E-state index is 12.6. The number of aryl methyl sites for hydroxylation is 4. The molecule has 0 saturated heterocycles. The van der Waals surface area contributed by atoms with Crippen LogP contribution < -0.4 is 10.6 Å². The van der Waals surface area contributed by atoms with E-state index in [4.69, 9.17) is 4.74 Å². The average molecular weight is 328 g/mol. The second-order valence-electron chi connectivity index (χ2n) is 5.87. The van der Waals surface area contributed by atoms with Crippen LogP contribution in [0.4, 0.5) is 11.6 Å². The van der Waals surface area contributed by atoms with E-state index >= 15 is 0 Å². The lowest BCUT2D eigenvalue weighted by Crippen LogP contribution is -2.18. The number of benzene rings is 1. The Balaban J connectivity index is 2.21. The van der Waals surface area contributed by atoms with Crippen LogP contribution in [-0.2, 0) is 4.74 Å². The van der Waals surface area contributed by atoms with Crippen molar-refractivity contribution < 1.29 is 9.53 Å². The first-order valence-corrected chi connectivity index (χ1v) is 7.88. The predicted octanol–water partition coefficient (Wildman–Crippen LogP) is 3.02. The molecule has 0 unspecified atom stereocenters. The van der Waals surface area contributed by atoms with Gasteiger partial charge in [0, 0.05) is 25.0 Å². The fourth-order valence-corrected chi connectivity index (χ4v) is 2.58. The van der Waals surface area contributed by atoms with Crippen LogP contribution in [0.3, 0.4) is 0 Å². The Hall–Kier alpha value is -2.47. The molecule has 2 aromatic rings. The SMILES string of the molecule is COCCNc1nc(C)cc(C(=O)Nc2c(C)cc(C)cc2C)n1. The molecule has 1 amide bonds. The number of hydrogen-bond donors (Lipinski definition) is 2. The Bertz CT molecular complexity index is 721. The zero-order valence-electron chi connectivity index (χ0n) is 14.9. The van der Waals surface area contributed by atoms with E-state index in [2.05, 4.69) is 20.6 Å². The van der Waals surface area contributed by atoms with Gasteiger partial charge in [-0.2, -0.15) is 0 Å². The number of aromatic nitrogens is 2. The summed E-state index contributed by atoms with van der Waals surface area (Å²) in [5.41, 5.74) is 5.13. The van der Waals surface area contributed by atoms with E-state index in [1.165, 1.54) is 5.56 Å². The molecule has 0 spiro atoms. The van der Waals surface area contributed by atoms with E-state index in [0.29, 0.717) is 24.8 Å². The maximum absolute atomic E-state index is 12.6. The van der Waals surface area contributed by atoms with Crippen molar-refractivity contribution in [2.24, 2.45) is 0 Å². The average Bonchev–Trinajstić information content (AvgIpc) is 2.50. The number of methoxy groups -OCH3 is 1. The van der Waals surface area contributed by atoms with Crippen LogP contribution in [0, 0.1) is 27.7 Å². The zero-order chi connectivity index (χ0) is 17.7. The van der Waals surface area contributed by atoms with Crippen LogP contribution in [-0.4, -0.2) is 36.1 Å². The molecular formula is C18H24N4O2. The minimum atomic E-state index is -0.245. The second-order valence-corrected chi connectivity index (χ2v) is 5.87. The third-order valence-electron chi connectivity index (χ3n) is 3.59. The Morgan fingerprint density at radius 2 is 1.75 bits per heavy atom. The summed E-state index contributed by atoms with van der Waals surface area (Å²) in [6.45, 7) is 8.97. The molecule has 0 aliphatic carbocycles. The molecule has 0 aliphatic heterocycles. The molecule has 0 bridgehead atoms. The lowest BCUT2D eigenvalue weighted by atomic mass is 10.0. The van der Waals surface area contributed by atoms with Gasteiger partial charge >= 0.3 is 0 Å². The molecule has 0 saturated carbocycles. The highest BCUT2D eigenvalue weighted by Crippen LogP contribution is 2.22. The van der Waals surface area contributed by atoms with Crippen LogP contribution in [0.15, 0.2) is 18.2 Å². The lowest BCUT2D eigenvalue weighted by Gasteiger charge is -2.13. The van der Waals surface area contributed by atoms with Gasteiger partial charge in [0.15, 0.2) is 0 Å². The zero-order valence-corrected chi connectivity index (χ0v) is 14.9. The van der Waals surface area contributed by atoms with Crippen molar-refractivity contribution in [1.82, 2.24) is 9.97 Å². The Labute approximate surface area is 142 Å². The number of amides is 1. The van der Waals surface area contributed by atoms with Gasteiger partial charge in [0.1, 0.15) is 5.69 Å². The summed E-state index contributed by atoms with van der Waals surface area (Å²) in [5.74, 6) is 0.180. The van der Waals surface area contributed by atoms with E-state index in [1.807, 2.05) is 39.8 Å². The molecule has 2 N–H and O–H groups in total. The predicted molar refractivity (Wildman–Crippen MR) is 95.7 cm³/mol. The van der Waals surface area contributed by atoms with Gasteiger partial charge < -0.3 is 15.4 Å². The summed E-state index contributed by atoms with van der Waals surface area (Å²) >= 11 is 0. The first-order valence-electron chi connectivity index (χ1n) is 7.88. The van der Waals surface area contributed by atoms with E-state index < -0.39 is 0 Å². The highest BCUT2D eigenvalue weighted by atomic mass is 16.5. The summed E-state index contributed by atoms with van der Waals surface area (Å²) in [6.07, 6.45) is 0. The van der Waals surface area contributed by atoms with Crippen LogP contribution in [0.1, 0.15) is 32.9 Å². The standard InChI is InChI=1S/C18H24N4O2/c1-11-8-12(2)16(13(3)9-11)22-17(23)15-10-14(4)20-18(21-15)19-6-7-24-5/h8-10H,6-7H2,1-5H3,(H,22,23)(H,19,20,21). The molecule has 2 rings (SSSR count). The van der Waals surface area contributed by atoms with Crippen LogP contribution in [0.5, 0.6) is 0 Å². The molecular weight excluding hydrogens is 304 g/mol. The summed E-state index contributed by atoms with van der Waals surface area (Å²) in [6, 6.07) is 5.77. The quantitative estimate of drug-likeness (QED) is 0.797. The van der Waals surface area contributed by atoms with Crippen molar-refractivity contribution >= 4 is 17.5 Å². The molecule has 0 radical (unpaired) electrons. The summed E-state index contributed by atoms with van der Waals surface area (Å²) in [4.78, 5) is 21.2. The maximum Gasteiger partial charge on any atom is 0.274 e. The van der Waals surface area contributed by atoms with Crippen molar-refractivity contribution in [2.75, 3.05) is 30.9 Å². The minimum Gasteiger partial charge on any atom is -0.383 e. The number of anilines is 2. The molecule has 128 valence electrons. The molecule has 1 aromatic heterocycles. The Morgan fingerprint density at radius 1 is 1.08 bits per heavy atom. The highest BCUT2D eigenvalue weighted by Gasteiger charge is 2.13. The number of carbonyl (C=O) groups excluding carboxylic acids is 1. The van der Waals surface area contributed by atoms with Crippen LogP contribution in [0.25, 0.3) is 0 Å². The van der Waals surface area contributed by atoms with Gasteiger partial charge in [-0.1, -0.05) is 17.7 Å². The summed E-state index contributed by atoms with van der Waals surface area (Å²) in [5, 5.41) is 6.01. The van der Waals surface area contributed by atoms with Crippen molar-refractivity contribution in [2.45, 2.75) is 27.7 Å². The third kappa shape index (κ3) is 4.52. The van der Waals surface area contributed by atoms with E-state index in [1.54, 1.807) is 13.2 Å². The lowest BCUT2D eigenvalue weighted by molar-refractivity contribution is 0.102. The molecule has 0 aliphatic rings.